The van der Waals surface area contributed by atoms with Crippen molar-refractivity contribution in [3.8, 4) is 5.75 Å². The zero-order chi connectivity index (χ0) is 19.2. The molecule has 1 aromatic carbocycles. The van der Waals surface area contributed by atoms with Crippen LogP contribution in [0.4, 0.5) is 0 Å². The summed E-state index contributed by atoms with van der Waals surface area (Å²) in [5, 5.41) is 1.01. The molecule has 0 radical (unpaired) electrons. The SMILES string of the molecule is CN(C(=O)COc1cc(Cl)cc(Cl)c1)[C@@H]1CCCC[C@H]1N1CCCCCC1.Cl. The van der Waals surface area contributed by atoms with Gasteiger partial charge in [0.1, 0.15) is 5.75 Å². The molecule has 28 heavy (non-hydrogen) atoms. The molecule has 4 nitrogen and oxygen atoms in total. The van der Waals surface area contributed by atoms with Crippen molar-refractivity contribution in [1.82, 2.24) is 9.80 Å². The summed E-state index contributed by atoms with van der Waals surface area (Å²) in [4.78, 5) is 17.4. The maximum Gasteiger partial charge on any atom is 0.260 e. The third-order valence-electron chi connectivity index (χ3n) is 5.89. The number of ether oxygens (including phenoxy) is 1. The van der Waals surface area contributed by atoms with Crippen molar-refractivity contribution in [2.24, 2.45) is 0 Å². The van der Waals surface area contributed by atoms with Crippen molar-refractivity contribution in [2.75, 3.05) is 26.7 Å². The fourth-order valence-electron chi connectivity index (χ4n) is 4.44. The Labute approximate surface area is 184 Å². The quantitative estimate of drug-likeness (QED) is 0.600. The van der Waals surface area contributed by atoms with Crippen molar-refractivity contribution < 1.29 is 9.53 Å². The lowest BCUT2D eigenvalue weighted by Gasteiger charge is -2.43. The smallest absolute Gasteiger partial charge is 0.260 e. The molecule has 0 N–H and O–H groups in total. The van der Waals surface area contributed by atoms with Gasteiger partial charge in [-0.15, -0.1) is 12.4 Å². The number of nitrogens with zero attached hydrogens (tertiary/aromatic N) is 2. The molecule has 3 rings (SSSR count). The Hall–Kier alpha value is -0.680. The fourth-order valence-corrected chi connectivity index (χ4v) is 4.95. The van der Waals surface area contributed by atoms with Gasteiger partial charge in [0.2, 0.25) is 0 Å². The first-order valence-corrected chi connectivity index (χ1v) is 10.9. The van der Waals surface area contributed by atoms with E-state index in [1.54, 1.807) is 18.2 Å². The summed E-state index contributed by atoms with van der Waals surface area (Å²) in [5.74, 6) is 0.541. The van der Waals surface area contributed by atoms with Crippen LogP contribution in [0.3, 0.4) is 0 Å². The third kappa shape index (κ3) is 6.41. The van der Waals surface area contributed by atoms with Crippen LogP contribution in [0.5, 0.6) is 5.75 Å². The van der Waals surface area contributed by atoms with Crippen LogP contribution in [0.25, 0.3) is 0 Å². The lowest BCUT2D eigenvalue weighted by Crippen LogP contribution is -2.54. The molecule has 2 fully saturated rings. The molecule has 1 saturated heterocycles. The van der Waals surface area contributed by atoms with E-state index >= 15 is 0 Å². The van der Waals surface area contributed by atoms with E-state index in [2.05, 4.69) is 4.90 Å². The Balaban J connectivity index is 0.00000280. The molecule has 0 spiro atoms. The largest absolute Gasteiger partial charge is 0.484 e. The summed E-state index contributed by atoms with van der Waals surface area (Å²) < 4.78 is 5.67. The van der Waals surface area contributed by atoms with Crippen molar-refractivity contribution in [2.45, 2.75) is 63.5 Å². The van der Waals surface area contributed by atoms with E-state index in [4.69, 9.17) is 27.9 Å². The minimum atomic E-state index is 0. The van der Waals surface area contributed by atoms with Gasteiger partial charge in [-0.1, -0.05) is 48.9 Å². The molecule has 158 valence electrons. The first kappa shape index (κ1) is 23.6. The molecular weight excluding hydrogens is 419 g/mol. The van der Waals surface area contributed by atoms with Crippen LogP contribution in [-0.4, -0.2) is 54.5 Å². The van der Waals surface area contributed by atoms with Gasteiger partial charge in [-0.3, -0.25) is 9.69 Å². The highest BCUT2D eigenvalue weighted by Gasteiger charge is 2.34. The first-order chi connectivity index (χ1) is 13.0. The van der Waals surface area contributed by atoms with Gasteiger partial charge in [0.15, 0.2) is 6.61 Å². The zero-order valence-corrected chi connectivity index (χ0v) is 18.9. The predicted molar refractivity (Wildman–Crippen MR) is 118 cm³/mol. The van der Waals surface area contributed by atoms with Gasteiger partial charge in [-0.05, 0) is 57.0 Å². The van der Waals surface area contributed by atoms with E-state index < -0.39 is 0 Å². The summed E-state index contributed by atoms with van der Waals surface area (Å²) in [6.45, 7) is 2.35. The molecular formula is C21H31Cl3N2O2. The Kier molecular flexibility index (Phi) is 9.68. The normalized spacial score (nSPS) is 23.4. The van der Waals surface area contributed by atoms with E-state index in [-0.39, 0.29) is 31.0 Å². The molecule has 1 aliphatic heterocycles. The molecule has 0 unspecified atom stereocenters. The Morgan fingerprint density at radius 1 is 1.04 bits per heavy atom. The van der Waals surface area contributed by atoms with Crippen LogP contribution >= 0.6 is 35.6 Å². The standard InChI is InChI=1S/C21H30Cl2N2O2.ClH/c1-24(21(26)15-27-18-13-16(22)12-17(23)14-18)19-8-4-5-9-20(19)25-10-6-2-3-7-11-25;/h12-14,19-20H,2-11,15H2,1H3;1H/t19-,20-;/m1./s1. The minimum Gasteiger partial charge on any atom is -0.484 e. The number of halogens is 3. The monoisotopic (exact) mass is 448 g/mol. The molecule has 0 aromatic heterocycles. The average molecular weight is 450 g/mol. The number of amides is 1. The summed E-state index contributed by atoms with van der Waals surface area (Å²) in [6, 6.07) is 5.77. The number of carbonyl (C=O) groups excluding carboxylic acids is 1. The lowest BCUT2D eigenvalue weighted by atomic mass is 9.88. The van der Waals surface area contributed by atoms with Crippen molar-refractivity contribution in [3.05, 3.63) is 28.2 Å². The van der Waals surface area contributed by atoms with Gasteiger partial charge in [-0.2, -0.15) is 0 Å². The number of benzene rings is 1. The van der Waals surface area contributed by atoms with E-state index in [9.17, 15) is 4.79 Å². The second-order valence-electron chi connectivity index (χ2n) is 7.77. The first-order valence-electron chi connectivity index (χ1n) is 10.1. The van der Waals surface area contributed by atoms with Crippen LogP contribution in [0, 0.1) is 0 Å². The molecule has 1 amide bonds. The topological polar surface area (TPSA) is 32.8 Å². The van der Waals surface area contributed by atoms with Gasteiger partial charge >= 0.3 is 0 Å². The summed E-state index contributed by atoms with van der Waals surface area (Å²) in [6.07, 6.45) is 9.93. The average Bonchev–Trinajstić information content (AvgIpc) is 2.94. The van der Waals surface area contributed by atoms with E-state index in [1.165, 1.54) is 58.0 Å². The van der Waals surface area contributed by atoms with Gasteiger partial charge in [0.25, 0.3) is 5.91 Å². The molecule has 1 aliphatic carbocycles. The van der Waals surface area contributed by atoms with E-state index in [0.29, 0.717) is 21.8 Å². The molecule has 1 aromatic rings. The molecule has 2 atom stereocenters. The van der Waals surface area contributed by atoms with Gasteiger partial charge in [-0.25, -0.2) is 0 Å². The number of likely N-dealkylation sites (N-methyl/N-ethyl adjacent to an activating group) is 1. The number of rotatable bonds is 5. The maximum absolute atomic E-state index is 12.8. The molecule has 2 aliphatic rings. The van der Waals surface area contributed by atoms with Crippen LogP contribution in [0.15, 0.2) is 18.2 Å². The summed E-state index contributed by atoms with van der Waals surface area (Å²) in [5.41, 5.74) is 0. The second-order valence-corrected chi connectivity index (χ2v) is 8.64. The Morgan fingerprint density at radius 2 is 1.64 bits per heavy atom. The number of hydrogen-bond acceptors (Lipinski definition) is 3. The zero-order valence-electron chi connectivity index (χ0n) is 16.5. The number of carbonyl (C=O) groups is 1. The van der Waals surface area contributed by atoms with E-state index in [0.717, 1.165) is 6.42 Å². The van der Waals surface area contributed by atoms with Crippen molar-refractivity contribution >= 4 is 41.5 Å². The fraction of sp³-hybridized carbons (Fsp3) is 0.667. The van der Waals surface area contributed by atoms with Crippen molar-refractivity contribution in [3.63, 3.8) is 0 Å². The van der Waals surface area contributed by atoms with Gasteiger partial charge < -0.3 is 9.64 Å². The number of likely N-dealkylation sites (tertiary alicyclic amines) is 1. The summed E-state index contributed by atoms with van der Waals surface area (Å²) >= 11 is 12.0. The van der Waals surface area contributed by atoms with Crippen LogP contribution < -0.4 is 4.74 Å². The van der Waals surface area contributed by atoms with Crippen molar-refractivity contribution in [1.29, 1.82) is 0 Å². The van der Waals surface area contributed by atoms with Gasteiger partial charge in [0.05, 0.1) is 0 Å². The highest BCUT2D eigenvalue weighted by molar-refractivity contribution is 6.34. The summed E-state index contributed by atoms with van der Waals surface area (Å²) in [7, 11) is 1.93. The van der Waals surface area contributed by atoms with Crippen LogP contribution in [0.2, 0.25) is 10.0 Å². The van der Waals surface area contributed by atoms with Crippen LogP contribution in [0.1, 0.15) is 51.4 Å². The molecule has 7 heteroatoms. The third-order valence-corrected chi connectivity index (χ3v) is 6.33. The minimum absolute atomic E-state index is 0. The molecule has 0 bridgehead atoms. The van der Waals surface area contributed by atoms with Gasteiger partial charge in [0, 0.05) is 29.2 Å². The molecule has 1 saturated carbocycles. The highest BCUT2D eigenvalue weighted by Crippen LogP contribution is 2.29. The lowest BCUT2D eigenvalue weighted by molar-refractivity contribution is -0.136. The maximum atomic E-state index is 12.8. The molecule has 1 heterocycles. The van der Waals surface area contributed by atoms with Crippen LogP contribution in [-0.2, 0) is 4.79 Å². The Bertz CT molecular complexity index is 616. The van der Waals surface area contributed by atoms with E-state index in [1.807, 2.05) is 11.9 Å². The number of hydrogen-bond donors (Lipinski definition) is 0. The Morgan fingerprint density at radius 3 is 2.29 bits per heavy atom. The predicted octanol–water partition coefficient (Wildman–Crippen LogP) is 5.44. The second kappa shape index (κ2) is 11.5. The highest BCUT2D eigenvalue weighted by atomic mass is 35.5.